The van der Waals surface area contributed by atoms with Crippen LogP contribution in [0.1, 0.15) is 24.3 Å². The van der Waals surface area contributed by atoms with E-state index in [1.165, 1.54) is 12.1 Å². The number of ether oxygens (including phenoxy) is 2. The molecule has 0 saturated heterocycles. The van der Waals surface area contributed by atoms with E-state index >= 15 is 0 Å². The van der Waals surface area contributed by atoms with Crippen LogP contribution in [0.5, 0.6) is 11.5 Å². The predicted molar refractivity (Wildman–Crippen MR) is 84.5 cm³/mol. The van der Waals surface area contributed by atoms with Gasteiger partial charge in [-0.1, -0.05) is 18.2 Å². The van der Waals surface area contributed by atoms with Crippen LogP contribution in [0.25, 0.3) is 0 Å². The molecule has 1 unspecified atom stereocenters. The lowest BCUT2D eigenvalue weighted by molar-refractivity contribution is -0.139. The van der Waals surface area contributed by atoms with Gasteiger partial charge in [0.2, 0.25) is 0 Å². The summed E-state index contributed by atoms with van der Waals surface area (Å²) < 4.78 is 23.6. The molecule has 0 heterocycles. The Morgan fingerprint density at radius 1 is 1.17 bits per heavy atom. The molecule has 0 aliphatic rings. The second-order valence-electron chi connectivity index (χ2n) is 5.12. The monoisotopic (exact) mass is 318 g/mol. The third-order valence-electron chi connectivity index (χ3n) is 3.50. The summed E-state index contributed by atoms with van der Waals surface area (Å²) in [5.74, 6) is -0.796. The summed E-state index contributed by atoms with van der Waals surface area (Å²) in [7, 11) is 1.54. The third kappa shape index (κ3) is 4.98. The summed E-state index contributed by atoms with van der Waals surface area (Å²) in [6.07, 6.45) is 0.975. The quantitative estimate of drug-likeness (QED) is 0.751. The van der Waals surface area contributed by atoms with Crippen LogP contribution in [0, 0.1) is 5.82 Å². The van der Waals surface area contributed by atoms with Gasteiger partial charge in [0.25, 0.3) is 0 Å². The lowest BCUT2D eigenvalue weighted by Gasteiger charge is -2.14. The van der Waals surface area contributed by atoms with Crippen molar-refractivity contribution >= 4 is 5.97 Å². The Morgan fingerprint density at radius 3 is 2.61 bits per heavy atom. The predicted octanol–water partition coefficient (Wildman–Crippen LogP) is 3.86. The average molecular weight is 318 g/mol. The zero-order valence-corrected chi connectivity index (χ0v) is 12.9. The summed E-state index contributed by atoms with van der Waals surface area (Å²) >= 11 is 0. The van der Waals surface area contributed by atoms with Crippen molar-refractivity contribution in [3.8, 4) is 11.5 Å². The largest absolute Gasteiger partial charge is 0.497 e. The Balaban J connectivity index is 1.91. The molecule has 0 saturated carbocycles. The van der Waals surface area contributed by atoms with E-state index in [0.717, 1.165) is 0 Å². The van der Waals surface area contributed by atoms with E-state index in [1.54, 1.807) is 43.5 Å². The van der Waals surface area contributed by atoms with Gasteiger partial charge in [-0.2, -0.15) is 0 Å². The minimum Gasteiger partial charge on any atom is -0.497 e. The first-order valence-corrected chi connectivity index (χ1v) is 7.35. The lowest BCUT2D eigenvalue weighted by Crippen LogP contribution is -2.13. The van der Waals surface area contributed by atoms with Crippen LogP contribution in [0.4, 0.5) is 4.39 Å². The highest BCUT2D eigenvalue weighted by atomic mass is 19.1. The zero-order chi connectivity index (χ0) is 16.7. The molecular weight excluding hydrogens is 299 g/mol. The maximum atomic E-state index is 13.0. The van der Waals surface area contributed by atoms with Gasteiger partial charge in [0, 0.05) is 6.07 Å². The number of halogens is 1. The van der Waals surface area contributed by atoms with Crippen molar-refractivity contribution < 1.29 is 23.8 Å². The molecule has 0 aromatic heterocycles. The number of aliphatic carboxylic acids is 1. The van der Waals surface area contributed by atoms with E-state index < -0.39 is 11.9 Å². The normalized spacial score (nSPS) is 11.7. The molecule has 1 N–H and O–H groups in total. The number of carboxylic acid groups (broad SMARTS) is 1. The Bertz CT molecular complexity index is 657. The van der Waals surface area contributed by atoms with Crippen molar-refractivity contribution in [1.29, 1.82) is 0 Å². The van der Waals surface area contributed by atoms with E-state index in [0.29, 0.717) is 36.5 Å². The number of carboxylic acids is 1. The molecule has 0 radical (unpaired) electrons. The Hall–Kier alpha value is -2.56. The topological polar surface area (TPSA) is 55.8 Å². The smallest absolute Gasteiger partial charge is 0.310 e. The third-order valence-corrected chi connectivity index (χ3v) is 3.50. The molecule has 0 aliphatic heterocycles. The molecule has 23 heavy (non-hydrogen) atoms. The molecule has 5 heteroatoms. The molecule has 4 nitrogen and oxygen atoms in total. The fraction of sp³-hybridized carbons (Fsp3) is 0.278. The number of rotatable bonds is 8. The molecule has 0 amide bonds. The van der Waals surface area contributed by atoms with Crippen LogP contribution < -0.4 is 9.47 Å². The van der Waals surface area contributed by atoms with Gasteiger partial charge in [-0.25, -0.2) is 4.39 Å². The molecule has 122 valence electrons. The van der Waals surface area contributed by atoms with Gasteiger partial charge < -0.3 is 14.6 Å². The van der Waals surface area contributed by atoms with E-state index in [-0.39, 0.29) is 5.82 Å². The summed E-state index contributed by atoms with van der Waals surface area (Å²) in [6, 6.07) is 12.9. The molecule has 0 fully saturated rings. The second-order valence-corrected chi connectivity index (χ2v) is 5.12. The first kappa shape index (κ1) is 16.8. The minimum absolute atomic E-state index is 0.331. The highest BCUT2D eigenvalue weighted by Crippen LogP contribution is 2.25. The van der Waals surface area contributed by atoms with Gasteiger partial charge in [0.1, 0.15) is 17.3 Å². The van der Waals surface area contributed by atoms with Crippen LogP contribution in [0.3, 0.4) is 0 Å². The summed E-state index contributed by atoms with van der Waals surface area (Å²) in [6.45, 7) is 0.331. The maximum Gasteiger partial charge on any atom is 0.310 e. The molecule has 2 aromatic rings. The molecular formula is C18H19FO4. The molecule has 2 rings (SSSR count). The fourth-order valence-corrected chi connectivity index (χ4v) is 2.33. The molecule has 0 spiro atoms. The van der Waals surface area contributed by atoms with Gasteiger partial charge in [-0.05, 0) is 42.7 Å². The van der Waals surface area contributed by atoms with Crippen LogP contribution in [0.2, 0.25) is 0 Å². The van der Waals surface area contributed by atoms with Crippen molar-refractivity contribution in [3.05, 3.63) is 59.9 Å². The van der Waals surface area contributed by atoms with Crippen molar-refractivity contribution in [2.45, 2.75) is 18.8 Å². The molecule has 1 atom stereocenters. The van der Waals surface area contributed by atoms with Gasteiger partial charge in [-0.3, -0.25) is 4.79 Å². The van der Waals surface area contributed by atoms with Gasteiger partial charge in [-0.15, -0.1) is 0 Å². The minimum atomic E-state index is -0.885. The summed E-state index contributed by atoms with van der Waals surface area (Å²) in [5.41, 5.74) is 0.697. The van der Waals surface area contributed by atoms with Crippen LogP contribution in [0.15, 0.2) is 48.5 Å². The first-order chi connectivity index (χ1) is 11.1. The second kappa shape index (κ2) is 8.17. The average Bonchev–Trinajstić information content (AvgIpc) is 2.54. The summed E-state index contributed by atoms with van der Waals surface area (Å²) in [4.78, 5) is 11.5. The lowest BCUT2D eigenvalue weighted by atomic mass is 9.94. The van der Waals surface area contributed by atoms with Crippen LogP contribution in [-0.4, -0.2) is 24.8 Å². The number of methoxy groups -OCH3 is 1. The zero-order valence-electron chi connectivity index (χ0n) is 12.9. The van der Waals surface area contributed by atoms with E-state index in [9.17, 15) is 14.3 Å². The van der Waals surface area contributed by atoms with Crippen molar-refractivity contribution in [2.75, 3.05) is 13.7 Å². The SMILES string of the molecule is COc1cccc(C(CCCOc2cccc(F)c2)C(=O)O)c1. The van der Waals surface area contributed by atoms with Crippen molar-refractivity contribution in [3.63, 3.8) is 0 Å². The van der Waals surface area contributed by atoms with Crippen LogP contribution in [-0.2, 0) is 4.79 Å². The highest BCUT2D eigenvalue weighted by molar-refractivity contribution is 5.76. The number of hydrogen-bond donors (Lipinski definition) is 1. The van der Waals surface area contributed by atoms with Gasteiger partial charge in [0.05, 0.1) is 19.6 Å². The number of hydrogen-bond acceptors (Lipinski definition) is 3. The number of carbonyl (C=O) groups is 1. The van der Waals surface area contributed by atoms with E-state index in [4.69, 9.17) is 9.47 Å². The number of benzene rings is 2. The Labute approximate surface area is 134 Å². The maximum absolute atomic E-state index is 13.0. The van der Waals surface area contributed by atoms with Crippen molar-refractivity contribution in [1.82, 2.24) is 0 Å². The molecule has 0 bridgehead atoms. The Morgan fingerprint density at radius 2 is 1.91 bits per heavy atom. The Kier molecular flexibility index (Phi) is 5.97. The van der Waals surface area contributed by atoms with Gasteiger partial charge in [0.15, 0.2) is 0 Å². The highest BCUT2D eigenvalue weighted by Gasteiger charge is 2.20. The van der Waals surface area contributed by atoms with E-state index in [1.807, 2.05) is 0 Å². The standard InChI is InChI=1S/C18H19FO4/c1-22-15-7-2-5-13(11-15)17(18(20)21)9-4-10-23-16-8-3-6-14(19)12-16/h2-3,5-8,11-12,17H,4,9-10H2,1H3,(H,20,21). The van der Waals surface area contributed by atoms with Crippen LogP contribution >= 0.6 is 0 Å². The molecule has 2 aromatic carbocycles. The van der Waals surface area contributed by atoms with Gasteiger partial charge >= 0.3 is 5.97 Å². The first-order valence-electron chi connectivity index (χ1n) is 7.35. The molecule has 0 aliphatic carbocycles. The van der Waals surface area contributed by atoms with Crippen molar-refractivity contribution in [2.24, 2.45) is 0 Å². The van der Waals surface area contributed by atoms with E-state index in [2.05, 4.69) is 0 Å². The summed E-state index contributed by atoms with van der Waals surface area (Å²) in [5, 5.41) is 9.41. The fourth-order valence-electron chi connectivity index (χ4n) is 2.33.